The van der Waals surface area contributed by atoms with Gasteiger partial charge in [-0.3, -0.25) is 25.3 Å². The van der Waals surface area contributed by atoms with Gasteiger partial charge < -0.3 is 26.1 Å². The summed E-state index contributed by atoms with van der Waals surface area (Å²) in [5, 5.41) is 22.9. The first-order chi connectivity index (χ1) is 29.1. The van der Waals surface area contributed by atoms with Crippen LogP contribution in [0.25, 0.3) is 11.1 Å². The maximum absolute atomic E-state index is 12.8. The van der Waals surface area contributed by atoms with Gasteiger partial charge in [0.25, 0.3) is 5.91 Å². The molecule has 2 fully saturated rings. The van der Waals surface area contributed by atoms with Crippen molar-refractivity contribution >= 4 is 46.9 Å². The van der Waals surface area contributed by atoms with Gasteiger partial charge in [0.05, 0.1) is 17.7 Å². The number of likely N-dealkylation sites (N-methyl/N-ethyl adjacent to an activating group) is 1. The van der Waals surface area contributed by atoms with Crippen molar-refractivity contribution in [3.05, 3.63) is 112 Å². The van der Waals surface area contributed by atoms with Crippen molar-refractivity contribution in [3.8, 4) is 11.1 Å². The topological polar surface area (TPSA) is 181 Å². The lowest BCUT2D eigenvalue weighted by Gasteiger charge is -2.47. The van der Waals surface area contributed by atoms with E-state index >= 15 is 0 Å². The predicted molar refractivity (Wildman–Crippen MR) is 246 cm³/mol. The molecule has 0 spiro atoms. The minimum atomic E-state index is -0.540. The number of aryl methyl sites for hydroxylation is 1. The van der Waals surface area contributed by atoms with E-state index < -0.39 is 5.91 Å². The predicted octanol–water partition coefficient (Wildman–Crippen LogP) is 7.59. The smallest absolute Gasteiger partial charge is 0.288 e. The Balaban J connectivity index is 1.02. The summed E-state index contributed by atoms with van der Waals surface area (Å²) in [4.78, 5) is 49.9. The number of amidine groups is 1. The summed E-state index contributed by atoms with van der Waals surface area (Å²) in [6, 6.07) is 24.8. The van der Waals surface area contributed by atoms with E-state index in [1.54, 1.807) is 13.2 Å². The molecule has 1 aromatic heterocycles. The highest BCUT2D eigenvalue weighted by Crippen LogP contribution is 2.41. The van der Waals surface area contributed by atoms with Gasteiger partial charge in [0, 0.05) is 85.4 Å². The normalized spacial score (nSPS) is 18.1. The molecular weight excluding hydrogens is 763 g/mol. The molecule has 1 aliphatic heterocycles. The number of nitrogens with zero attached hydrogens (tertiary/aromatic N) is 4. The molecule has 2 aliphatic rings. The lowest BCUT2D eigenvalue weighted by atomic mass is 9.74. The van der Waals surface area contributed by atoms with Gasteiger partial charge in [-0.15, -0.1) is 0 Å². The molecular formula is C49H61N9O3. The summed E-state index contributed by atoms with van der Waals surface area (Å²) in [6.45, 7) is 15.6. The van der Waals surface area contributed by atoms with Crippen LogP contribution in [0.5, 0.6) is 0 Å². The van der Waals surface area contributed by atoms with Gasteiger partial charge in [0.2, 0.25) is 11.7 Å². The lowest BCUT2D eigenvalue weighted by molar-refractivity contribution is -0.122. The fourth-order valence-corrected chi connectivity index (χ4v) is 8.26. The molecule has 12 heteroatoms. The number of piperazine rings is 1. The molecule has 1 saturated carbocycles. The van der Waals surface area contributed by atoms with Crippen LogP contribution in [0.3, 0.4) is 0 Å². The Morgan fingerprint density at radius 1 is 0.967 bits per heavy atom. The zero-order valence-electron chi connectivity index (χ0n) is 36.6. The monoisotopic (exact) mass is 823 g/mol. The quantitative estimate of drug-likeness (QED) is 0.0523. The molecule has 6 N–H and O–H groups in total. The number of aliphatic imine (C=N–C) groups is 1. The Labute approximate surface area is 360 Å². The average Bonchev–Trinajstić information content (AvgIpc) is 3.23. The molecule has 2 amide bonds. The minimum absolute atomic E-state index is 0.0520. The summed E-state index contributed by atoms with van der Waals surface area (Å²) in [7, 11) is 1.64. The third-order valence-electron chi connectivity index (χ3n) is 12.6. The molecule has 2 heterocycles. The molecule has 6 rings (SSSR count). The standard InChI is InChI=1S/C49H61N9O3/c1-30-25-36(16-19-41(30)31(2)55-48(61)46(52)56-32(3)49(4,5)6)44(50)43-28-38(29-54-45(43)51)34-14-17-39(18-15-34)57-20-22-58(23-21-57)40-26-37(27-40)33-10-12-35(13-11-33)42(9-8-24-59)47(60)53-7/h10-19,24-25,28-29,31,37,40,42,50,52H,8-9,20-23,26-27H2,1-7H3,(H2,51,54)(H,53,60)(H,55,61)/b50-44?,52-46?,56-32+/t31-,37?,40?,42?/m1/s1. The molecule has 1 unspecified atom stereocenters. The van der Waals surface area contributed by atoms with Crippen LogP contribution in [0.15, 0.2) is 84.0 Å². The summed E-state index contributed by atoms with van der Waals surface area (Å²) in [5.41, 5.74) is 15.4. The van der Waals surface area contributed by atoms with Gasteiger partial charge in [-0.05, 0) is 98.0 Å². The number of amides is 2. The fourth-order valence-electron chi connectivity index (χ4n) is 8.26. The second-order valence-electron chi connectivity index (χ2n) is 17.6. The Hall–Kier alpha value is -6.01. The highest BCUT2D eigenvalue weighted by molar-refractivity contribution is 6.38. The number of carbonyl (C=O) groups is 3. The summed E-state index contributed by atoms with van der Waals surface area (Å²) in [6.07, 6.45) is 5.79. The van der Waals surface area contributed by atoms with Crippen molar-refractivity contribution in [2.24, 2.45) is 10.4 Å². The van der Waals surface area contributed by atoms with Crippen LogP contribution in [-0.4, -0.2) is 84.5 Å². The number of hydrogen-bond donors (Lipinski definition) is 5. The molecule has 61 heavy (non-hydrogen) atoms. The van der Waals surface area contributed by atoms with Crippen LogP contribution < -0.4 is 21.3 Å². The van der Waals surface area contributed by atoms with Gasteiger partial charge in [-0.25, -0.2) is 9.98 Å². The van der Waals surface area contributed by atoms with E-state index in [1.807, 2.05) is 65.8 Å². The summed E-state index contributed by atoms with van der Waals surface area (Å²) in [5.74, 6) is -0.414. The van der Waals surface area contributed by atoms with Crippen LogP contribution in [-0.2, 0) is 14.4 Å². The number of pyridine rings is 1. The molecule has 320 valence electrons. The number of benzene rings is 3. The van der Waals surface area contributed by atoms with Crippen LogP contribution in [0.4, 0.5) is 11.5 Å². The van der Waals surface area contributed by atoms with Crippen LogP contribution >= 0.6 is 0 Å². The number of hydrogen-bond acceptors (Lipinski definition) is 9. The van der Waals surface area contributed by atoms with Gasteiger partial charge in [-0.2, -0.15) is 0 Å². The number of carbonyl (C=O) groups excluding carboxylic acids is 3. The lowest BCUT2D eigenvalue weighted by Crippen LogP contribution is -2.53. The molecule has 3 aromatic carbocycles. The Kier molecular flexibility index (Phi) is 14.0. The van der Waals surface area contributed by atoms with Crippen LogP contribution in [0.1, 0.15) is 112 Å². The van der Waals surface area contributed by atoms with Crippen LogP contribution in [0.2, 0.25) is 0 Å². The third-order valence-corrected chi connectivity index (χ3v) is 12.6. The second-order valence-corrected chi connectivity index (χ2v) is 17.6. The van der Waals surface area contributed by atoms with E-state index in [0.717, 1.165) is 73.1 Å². The number of nitrogens with two attached hydrogens (primary N) is 1. The van der Waals surface area contributed by atoms with E-state index in [9.17, 15) is 14.4 Å². The number of nitrogens with one attached hydrogen (secondary N) is 4. The fraction of sp³-hybridized carbons (Fsp3) is 0.408. The van der Waals surface area contributed by atoms with Gasteiger partial charge >= 0.3 is 0 Å². The van der Waals surface area contributed by atoms with E-state index in [2.05, 4.69) is 78.9 Å². The number of aromatic nitrogens is 1. The van der Waals surface area contributed by atoms with Crippen molar-refractivity contribution in [2.75, 3.05) is 43.9 Å². The zero-order valence-corrected chi connectivity index (χ0v) is 36.6. The van der Waals surface area contributed by atoms with Crippen molar-refractivity contribution in [3.63, 3.8) is 0 Å². The van der Waals surface area contributed by atoms with E-state index in [4.69, 9.17) is 16.6 Å². The average molecular weight is 824 g/mol. The maximum atomic E-state index is 12.8. The molecule has 0 radical (unpaired) electrons. The van der Waals surface area contributed by atoms with Crippen molar-refractivity contribution in [1.82, 2.24) is 20.5 Å². The van der Waals surface area contributed by atoms with Crippen molar-refractivity contribution < 1.29 is 14.4 Å². The number of rotatable bonds is 13. The maximum Gasteiger partial charge on any atom is 0.288 e. The molecule has 1 saturated heterocycles. The van der Waals surface area contributed by atoms with E-state index in [-0.39, 0.29) is 40.6 Å². The molecule has 4 aromatic rings. The molecule has 2 atom stereocenters. The van der Waals surface area contributed by atoms with Gasteiger partial charge in [0.1, 0.15) is 12.1 Å². The molecule has 1 aliphatic carbocycles. The Morgan fingerprint density at radius 3 is 2.25 bits per heavy atom. The number of aldehydes is 1. The first-order valence-corrected chi connectivity index (χ1v) is 21.3. The van der Waals surface area contributed by atoms with Crippen LogP contribution in [0, 0.1) is 23.2 Å². The largest absolute Gasteiger partial charge is 0.383 e. The number of nitrogen functional groups attached to an aromatic ring is 1. The minimum Gasteiger partial charge on any atom is -0.383 e. The molecule has 0 bridgehead atoms. The SMILES string of the molecule is CNC(=O)C(CCC=O)c1ccc(C2CC(N3CCN(c4ccc(-c5cnc(N)c(C(=N)c6ccc([C@@H](C)NC(=O)C(=N)/N=C(\C)C(C)(C)C)c(C)c6)c5)cc4)CC3)C2)cc1. The van der Waals surface area contributed by atoms with Crippen molar-refractivity contribution in [1.29, 1.82) is 10.8 Å². The van der Waals surface area contributed by atoms with Gasteiger partial charge in [0.15, 0.2) is 0 Å². The Morgan fingerprint density at radius 2 is 1.64 bits per heavy atom. The second kappa shape index (κ2) is 19.1. The highest BCUT2D eigenvalue weighted by Gasteiger charge is 2.36. The summed E-state index contributed by atoms with van der Waals surface area (Å²) < 4.78 is 0. The van der Waals surface area contributed by atoms with E-state index in [1.165, 1.54) is 11.3 Å². The third kappa shape index (κ3) is 10.5. The number of anilines is 2. The molecule has 12 nitrogen and oxygen atoms in total. The van der Waals surface area contributed by atoms with E-state index in [0.29, 0.717) is 41.6 Å². The first-order valence-electron chi connectivity index (χ1n) is 21.3. The highest BCUT2D eigenvalue weighted by atomic mass is 16.2. The van der Waals surface area contributed by atoms with Crippen molar-refractivity contribution in [2.45, 2.75) is 91.1 Å². The Bertz CT molecular complexity index is 2280. The zero-order chi connectivity index (χ0) is 44.0. The summed E-state index contributed by atoms with van der Waals surface area (Å²) >= 11 is 0. The van der Waals surface area contributed by atoms with Gasteiger partial charge in [-0.1, -0.05) is 69.3 Å². The first kappa shape index (κ1) is 44.5.